The molecule has 0 aromatic heterocycles. The van der Waals surface area contributed by atoms with E-state index in [2.05, 4.69) is 10.0 Å². The highest BCUT2D eigenvalue weighted by molar-refractivity contribution is 7.89. The molecule has 2 fully saturated rings. The van der Waals surface area contributed by atoms with E-state index in [4.69, 9.17) is 5.73 Å². The molecule has 1 heterocycles. The Morgan fingerprint density at radius 1 is 1.03 bits per heavy atom. The van der Waals surface area contributed by atoms with Crippen molar-refractivity contribution in [3.8, 4) is 0 Å². The van der Waals surface area contributed by atoms with Gasteiger partial charge >= 0.3 is 0 Å². The molecule has 0 spiro atoms. The Bertz CT molecular complexity index is 1190. The first-order valence-corrected chi connectivity index (χ1v) is 14.8. The predicted octanol–water partition coefficient (Wildman–Crippen LogP) is 4.34. The third-order valence-electron chi connectivity index (χ3n) is 7.66. The number of carbonyl (C=O) groups is 2. The second-order valence-electron chi connectivity index (χ2n) is 10.3. The molecule has 2 amide bonds. The van der Waals surface area contributed by atoms with Crippen molar-refractivity contribution in [1.82, 2.24) is 4.72 Å². The van der Waals surface area contributed by atoms with Crippen LogP contribution in [0.3, 0.4) is 0 Å². The van der Waals surface area contributed by atoms with Gasteiger partial charge in [-0.1, -0.05) is 56.0 Å². The van der Waals surface area contributed by atoms with E-state index < -0.39 is 16.1 Å². The van der Waals surface area contributed by atoms with E-state index in [0.29, 0.717) is 49.6 Å². The van der Waals surface area contributed by atoms with Crippen LogP contribution in [0.2, 0.25) is 0 Å². The van der Waals surface area contributed by atoms with E-state index in [1.165, 1.54) is 25.7 Å². The fraction of sp³-hybridized carbons (Fsp3) is 0.500. The van der Waals surface area contributed by atoms with Crippen molar-refractivity contribution in [1.29, 1.82) is 0 Å². The Morgan fingerprint density at radius 2 is 1.70 bits per heavy atom. The van der Waals surface area contributed by atoms with Gasteiger partial charge in [0.2, 0.25) is 21.8 Å². The minimum Gasteiger partial charge on any atom is -0.370 e. The number of piperidine rings is 1. The third kappa shape index (κ3) is 7.11. The fourth-order valence-electron chi connectivity index (χ4n) is 5.44. The zero-order valence-corrected chi connectivity index (χ0v) is 22.3. The highest BCUT2D eigenvalue weighted by Crippen LogP contribution is 2.33. The number of amides is 2. The van der Waals surface area contributed by atoms with Gasteiger partial charge in [-0.05, 0) is 55.9 Å². The Balaban J connectivity index is 1.55. The lowest BCUT2D eigenvalue weighted by atomic mass is 9.96. The Kier molecular flexibility index (Phi) is 8.87. The van der Waals surface area contributed by atoms with E-state index in [-0.39, 0.29) is 22.6 Å². The summed E-state index contributed by atoms with van der Waals surface area (Å²) < 4.78 is 30.1. The zero-order valence-electron chi connectivity index (χ0n) is 21.5. The maximum atomic E-state index is 13.7. The summed E-state index contributed by atoms with van der Waals surface area (Å²) >= 11 is 0. The van der Waals surface area contributed by atoms with Crippen LogP contribution in [0.5, 0.6) is 0 Å². The van der Waals surface area contributed by atoms with Crippen LogP contribution in [0.25, 0.3) is 0 Å². The van der Waals surface area contributed by atoms with Gasteiger partial charge in [-0.2, -0.15) is 0 Å². The standard InChI is InChI=1S/C28H38N4O4S/c1-20(22-9-3-2-4-10-22)31-37(35,36)26-19-24(30-27(33)14-11-21-7-5-6-8-21)12-13-25(26)32-17-15-23(16-18-32)28(29)34/h2-4,9-10,12-13,19-21,23,31H,5-8,11,14-18H2,1H3,(H2,29,34)(H,30,33)/t20-/m1/s1. The van der Waals surface area contributed by atoms with Gasteiger partial charge in [0.1, 0.15) is 4.90 Å². The number of nitrogens with two attached hydrogens (primary N) is 1. The molecule has 2 aromatic carbocycles. The number of hydrogen-bond acceptors (Lipinski definition) is 5. The smallest absolute Gasteiger partial charge is 0.243 e. The second kappa shape index (κ2) is 12.1. The number of hydrogen-bond donors (Lipinski definition) is 3. The zero-order chi connectivity index (χ0) is 26.4. The summed E-state index contributed by atoms with van der Waals surface area (Å²) in [4.78, 5) is 26.4. The lowest BCUT2D eigenvalue weighted by molar-refractivity contribution is -0.122. The first-order chi connectivity index (χ1) is 17.7. The second-order valence-corrected chi connectivity index (χ2v) is 12.0. The molecule has 37 heavy (non-hydrogen) atoms. The SMILES string of the molecule is C[C@@H](NS(=O)(=O)c1cc(NC(=O)CCC2CCCC2)ccc1N1CCC(C(N)=O)CC1)c1ccccc1. The van der Waals surface area contributed by atoms with E-state index >= 15 is 0 Å². The molecular weight excluding hydrogens is 488 g/mol. The van der Waals surface area contributed by atoms with Crippen LogP contribution in [0.15, 0.2) is 53.4 Å². The molecule has 0 radical (unpaired) electrons. The van der Waals surface area contributed by atoms with Gasteiger partial charge in [-0.15, -0.1) is 0 Å². The van der Waals surface area contributed by atoms with Crippen LogP contribution >= 0.6 is 0 Å². The number of nitrogens with zero attached hydrogens (tertiary/aromatic N) is 1. The number of carbonyl (C=O) groups excluding carboxylic acids is 2. The molecule has 1 atom stereocenters. The molecule has 0 unspecified atom stereocenters. The van der Waals surface area contributed by atoms with Crippen LogP contribution in [0, 0.1) is 11.8 Å². The van der Waals surface area contributed by atoms with Crippen molar-refractivity contribution in [2.75, 3.05) is 23.3 Å². The first kappa shape index (κ1) is 27.1. The summed E-state index contributed by atoms with van der Waals surface area (Å²) in [5.41, 5.74) is 7.35. The molecule has 200 valence electrons. The summed E-state index contributed by atoms with van der Waals surface area (Å²) in [6.07, 6.45) is 7.27. The summed E-state index contributed by atoms with van der Waals surface area (Å²) in [5, 5.41) is 2.90. The van der Waals surface area contributed by atoms with Crippen molar-refractivity contribution in [3.63, 3.8) is 0 Å². The highest BCUT2D eigenvalue weighted by atomic mass is 32.2. The van der Waals surface area contributed by atoms with Crippen LogP contribution in [0.4, 0.5) is 11.4 Å². The number of benzene rings is 2. The molecule has 1 aliphatic heterocycles. The van der Waals surface area contributed by atoms with Gasteiger partial charge in [-0.25, -0.2) is 13.1 Å². The summed E-state index contributed by atoms with van der Waals surface area (Å²) in [6, 6.07) is 14.0. The number of anilines is 2. The largest absolute Gasteiger partial charge is 0.370 e. The topological polar surface area (TPSA) is 122 Å². The van der Waals surface area contributed by atoms with E-state index in [1.807, 2.05) is 35.2 Å². The average Bonchev–Trinajstić information content (AvgIpc) is 3.42. The number of sulfonamides is 1. The van der Waals surface area contributed by atoms with Gasteiger partial charge in [0, 0.05) is 37.2 Å². The molecule has 2 aliphatic rings. The van der Waals surface area contributed by atoms with Crippen molar-refractivity contribution in [2.45, 2.75) is 69.2 Å². The normalized spacial score (nSPS) is 18.0. The molecule has 1 saturated carbocycles. The maximum Gasteiger partial charge on any atom is 0.243 e. The molecule has 2 aromatic rings. The Labute approximate surface area is 220 Å². The Hall–Kier alpha value is -2.91. The lowest BCUT2D eigenvalue weighted by Crippen LogP contribution is -2.39. The summed E-state index contributed by atoms with van der Waals surface area (Å²) in [5.74, 6) is -0.0144. The van der Waals surface area contributed by atoms with Crippen molar-refractivity contribution in [2.24, 2.45) is 17.6 Å². The van der Waals surface area contributed by atoms with Crippen molar-refractivity contribution < 1.29 is 18.0 Å². The Morgan fingerprint density at radius 3 is 2.35 bits per heavy atom. The van der Waals surface area contributed by atoms with Crippen LogP contribution in [-0.2, 0) is 19.6 Å². The van der Waals surface area contributed by atoms with Crippen molar-refractivity contribution in [3.05, 3.63) is 54.1 Å². The lowest BCUT2D eigenvalue weighted by Gasteiger charge is -2.33. The monoisotopic (exact) mass is 526 g/mol. The van der Waals surface area contributed by atoms with Gasteiger partial charge in [-0.3, -0.25) is 9.59 Å². The summed E-state index contributed by atoms with van der Waals surface area (Å²) in [6.45, 7) is 2.86. The molecule has 9 heteroatoms. The minimum atomic E-state index is -3.94. The van der Waals surface area contributed by atoms with Crippen LogP contribution in [-0.4, -0.2) is 33.3 Å². The van der Waals surface area contributed by atoms with Gasteiger partial charge in [0.25, 0.3) is 0 Å². The van der Waals surface area contributed by atoms with Gasteiger partial charge in [0.15, 0.2) is 0 Å². The maximum absolute atomic E-state index is 13.7. The molecule has 1 aliphatic carbocycles. The van der Waals surface area contributed by atoms with E-state index in [9.17, 15) is 18.0 Å². The molecule has 4 rings (SSSR count). The molecule has 1 saturated heterocycles. The fourth-order valence-corrected chi connectivity index (χ4v) is 6.92. The van der Waals surface area contributed by atoms with Crippen LogP contribution in [0.1, 0.15) is 69.9 Å². The first-order valence-electron chi connectivity index (χ1n) is 13.3. The van der Waals surface area contributed by atoms with E-state index in [1.54, 1.807) is 25.1 Å². The molecule has 8 nitrogen and oxygen atoms in total. The quantitative estimate of drug-likeness (QED) is 0.425. The van der Waals surface area contributed by atoms with Gasteiger partial charge < -0.3 is 16.0 Å². The predicted molar refractivity (Wildman–Crippen MR) is 146 cm³/mol. The molecular formula is C28H38N4O4S. The number of rotatable bonds is 10. The molecule has 0 bridgehead atoms. The summed E-state index contributed by atoms with van der Waals surface area (Å²) in [7, 11) is -3.94. The average molecular weight is 527 g/mol. The number of nitrogens with one attached hydrogen (secondary N) is 2. The third-order valence-corrected chi connectivity index (χ3v) is 9.23. The number of primary amides is 1. The molecule has 4 N–H and O–H groups in total. The minimum absolute atomic E-state index is 0.101. The van der Waals surface area contributed by atoms with Crippen molar-refractivity contribution >= 4 is 33.2 Å². The van der Waals surface area contributed by atoms with E-state index in [0.717, 1.165) is 12.0 Å². The highest BCUT2D eigenvalue weighted by Gasteiger charge is 2.29. The van der Waals surface area contributed by atoms with Crippen LogP contribution < -0.4 is 20.7 Å². The van der Waals surface area contributed by atoms with Gasteiger partial charge in [0.05, 0.1) is 5.69 Å².